The number of aromatic nitrogens is 3. The Bertz CT molecular complexity index is 645. The smallest absolute Gasteiger partial charge is 0.191 e. The zero-order chi connectivity index (χ0) is 17.4. The molecule has 2 rings (SSSR count). The topological polar surface area (TPSA) is 59.2 Å². The summed E-state index contributed by atoms with van der Waals surface area (Å²) in [6.45, 7) is 9.68. The summed E-state index contributed by atoms with van der Waals surface area (Å²) in [4.78, 5) is 4.76. The maximum absolute atomic E-state index is 4.76. The van der Waals surface area contributed by atoms with Crippen LogP contribution in [0.3, 0.4) is 0 Å². The van der Waals surface area contributed by atoms with Crippen LogP contribution in [0, 0.1) is 0 Å². The number of hydrogen-bond acceptors (Lipinski definition) is 2. The summed E-state index contributed by atoms with van der Waals surface area (Å²) in [5.74, 6) is 0.859. The van der Waals surface area contributed by atoms with Gasteiger partial charge in [0.15, 0.2) is 5.96 Å². The Balaban J connectivity index is 0.00000312. The van der Waals surface area contributed by atoms with Gasteiger partial charge in [0.2, 0.25) is 0 Å². The summed E-state index contributed by atoms with van der Waals surface area (Å²) < 4.78 is 4.15. The van der Waals surface area contributed by atoms with E-state index in [1.165, 1.54) is 11.3 Å². The number of rotatable bonds is 8. The number of aliphatic imine (C=N–C) groups is 1. The van der Waals surface area contributed by atoms with E-state index in [1.54, 1.807) is 0 Å². The highest BCUT2D eigenvalue weighted by molar-refractivity contribution is 14.0. The van der Waals surface area contributed by atoms with Gasteiger partial charge in [-0.15, -0.1) is 24.0 Å². The van der Waals surface area contributed by atoms with E-state index in [0.29, 0.717) is 6.54 Å². The summed E-state index contributed by atoms with van der Waals surface area (Å²) in [5, 5.41) is 11.3. The van der Waals surface area contributed by atoms with Crippen molar-refractivity contribution < 1.29 is 0 Å². The molecule has 0 aliphatic rings. The lowest BCUT2D eigenvalue weighted by Gasteiger charge is -2.12. The quantitative estimate of drug-likeness (QED) is 0.364. The van der Waals surface area contributed by atoms with E-state index in [4.69, 9.17) is 4.99 Å². The Morgan fingerprint density at radius 3 is 2.44 bits per heavy atom. The molecule has 0 aliphatic heterocycles. The van der Waals surface area contributed by atoms with Crippen molar-refractivity contribution in [3.8, 4) is 0 Å². The van der Waals surface area contributed by atoms with Gasteiger partial charge < -0.3 is 15.2 Å². The third-order valence-electron chi connectivity index (χ3n) is 4.10. The molecule has 2 aromatic rings. The first-order chi connectivity index (χ1) is 11.7. The standard InChI is InChI=1S/C18H30N6.HI/c1-5-16-15(17(6-2)23(4)22-16)14-21-18(19-7-3)20-10-13-24-11-8-9-12-24;/h8-9,11-12H,5-7,10,13-14H2,1-4H3,(H2,19,20,21);1H. The lowest BCUT2D eigenvalue weighted by Crippen LogP contribution is -2.38. The first-order valence-corrected chi connectivity index (χ1v) is 8.86. The van der Waals surface area contributed by atoms with Gasteiger partial charge in [-0.3, -0.25) is 4.68 Å². The van der Waals surface area contributed by atoms with Crippen LogP contribution in [0.25, 0.3) is 0 Å². The van der Waals surface area contributed by atoms with Crippen molar-refractivity contribution in [3.63, 3.8) is 0 Å². The molecule has 0 bridgehead atoms. The molecule has 0 atom stereocenters. The molecule has 0 unspecified atom stereocenters. The fourth-order valence-electron chi connectivity index (χ4n) is 2.89. The predicted molar refractivity (Wildman–Crippen MR) is 115 cm³/mol. The van der Waals surface area contributed by atoms with E-state index in [-0.39, 0.29) is 24.0 Å². The molecule has 6 nitrogen and oxygen atoms in total. The highest BCUT2D eigenvalue weighted by Gasteiger charge is 2.13. The molecule has 0 fully saturated rings. The highest BCUT2D eigenvalue weighted by atomic mass is 127. The van der Waals surface area contributed by atoms with Crippen LogP contribution in [0.15, 0.2) is 29.5 Å². The van der Waals surface area contributed by atoms with Gasteiger partial charge >= 0.3 is 0 Å². The van der Waals surface area contributed by atoms with Gasteiger partial charge in [0.1, 0.15) is 0 Å². The number of aryl methyl sites for hydroxylation is 2. The van der Waals surface area contributed by atoms with Gasteiger partial charge in [0, 0.05) is 50.3 Å². The lowest BCUT2D eigenvalue weighted by atomic mass is 10.1. The summed E-state index contributed by atoms with van der Waals surface area (Å²) in [5.41, 5.74) is 3.70. The second kappa shape index (κ2) is 11.2. The number of nitrogens with one attached hydrogen (secondary N) is 2. The number of nitrogens with zero attached hydrogens (tertiary/aromatic N) is 4. The predicted octanol–water partition coefficient (Wildman–Crippen LogP) is 2.72. The number of guanidine groups is 1. The van der Waals surface area contributed by atoms with E-state index in [0.717, 1.165) is 44.1 Å². The molecule has 140 valence electrons. The van der Waals surface area contributed by atoms with Gasteiger partial charge in [-0.1, -0.05) is 13.8 Å². The molecule has 0 amide bonds. The fraction of sp³-hybridized carbons (Fsp3) is 0.556. The van der Waals surface area contributed by atoms with Crippen LogP contribution >= 0.6 is 24.0 Å². The Hall–Kier alpha value is -1.51. The summed E-state index contributed by atoms with van der Waals surface area (Å²) in [7, 11) is 2.02. The second-order valence-electron chi connectivity index (χ2n) is 5.75. The van der Waals surface area contributed by atoms with Crippen LogP contribution in [0.1, 0.15) is 37.7 Å². The normalized spacial score (nSPS) is 11.3. The van der Waals surface area contributed by atoms with E-state index in [2.05, 4.69) is 53.5 Å². The van der Waals surface area contributed by atoms with E-state index >= 15 is 0 Å². The Morgan fingerprint density at radius 1 is 1.12 bits per heavy atom. The molecular weight excluding hydrogens is 427 g/mol. The zero-order valence-electron chi connectivity index (χ0n) is 15.7. The summed E-state index contributed by atoms with van der Waals surface area (Å²) in [6, 6.07) is 4.08. The van der Waals surface area contributed by atoms with Crippen molar-refractivity contribution in [2.24, 2.45) is 12.0 Å². The van der Waals surface area contributed by atoms with E-state index < -0.39 is 0 Å². The molecule has 2 N–H and O–H groups in total. The van der Waals surface area contributed by atoms with Crippen molar-refractivity contribution in [3.05, 3.63) is 41.5 Å². The molecular formula is C18H31IN6. The maximum atomic E-state index is 4.76. The molecule has 0 aliphatic carbocycles. The molecule has 0 radical (unpaired) electrons. The first-order valence-electron chi connectivity index (χ1n) is 8.86. The van der Waals surface area contributed by atoms with Crippen LogP contribution in [0.2, 0.25) is 0 Å². The van der Waals surface area contributed by atoms with Gasteiger partial charge in [0.05, 0.1) is 12.2 Å². The average Bonchev–Trinajstić information content (AvgIpc) is 3.19. The molecule has 0 saturated heterocycles. The molecule has 0 saturated carbocycles. The molecule has 25 heavy (non-hydrogen) atoms. The van der Waals surface area contributed by atoms with Crippen molar-refractivity contribution in [2.75, 3.05) is 13.1 Å². The Morgan fingerprint density at radius 2 is 1.84 bits per heavy atom. The minimum absolute atomic E-state index is 0. The third-order valence-corrected chi connectivity index (χ3v) is 4.10. The molecule has 2 aromatic heterocycles. The maximum Gasteiger partial charge on any atom is 0.191 e. The SMILES string of the molecule is CCNC(=NCc1c(CC)nn(C)c1CC)NCCn1cccc1.I. The van der Waals surface area contributed by atoms with Crippen molar-refractivity contribution in [2.45, 2.75) is 46.7 Å². The summed E-state index contributed by atoms with van der Waals surface area (Å²) >= 11 is 0. The van der Waals surface area contributed by atoms with Crippen molar-refractivity contribution >= 4 is 29.9 Å². The van der Waals surface area contributed by atoms with Crippen LogP contribution < -0.4 is 10.6 Å². The van der Waals surface area contributed by atoms with E-state index in [9.17, 15) is 0 Å². The first kappa shape index (κ1) is 21.5. The Kier molecular flexibility index (Phi) is 9.62. The monoisotopic (exact) mass is 458 g/mol. The number of halogens is 1. The van der Waals surface area contributed by atoms with Gasteiger partial charge in [0.25, 0.3) is 0 Å². The van der Waals surface area contributed by atoms with Crippen LogP contribution in [0.5, 0.6) is 0 Å². The largest absolute Gasteiger partial charge is 0.357 e. The zero-order valence-corrected chi connectivity index (χ0v) is 18.1. The van der Waals surface area contributed by atoms with Crippen molar-refractivity contribution in [1.82, 2.24) is 25.0 Å². The van der Waals surface area contributed by atoms with Crippen LogP contribution in [-0.4, -0.2) is 33.4 Å². The lowest BCUT2D eigenvalue weighted by molar-refractivity contribution is 0.665. The second-order valence-corrected chi connectivity index (χ2v) is 5.75. The van der Waals surface area contributed by atoms with Crippen molar-refractivity contribution in [1.29, 1.82) is 0 Å². The molecule has 7 heteroatoms. The van der Waals surface area contributed by atoms with Gasteiger partial charge in [-0.25, -0.2) is 4.99 Å². The minimum atomic E-state index is 0. The van der Waals surface area contributed by atoms with Crippen LogP contribution in [0.4, 0.5) is 0 Å². The summed E-state index contributed by atoms with van der Waals surface area (Å²) in [6.07, 6.45) is 6.06. The average molecular weight is 458 g/mol. The minimum Gasteiger partial charge on any atom is -0.357 e. The number of hydrogen-bond donors (Lipinski definition) is 2. The highest BCUT2D eigenvalue weighted by Crippen LogP contribution is 2.16. The van der Waals surface area contributed by atoms with Gasteiger partial charge in [-0.2, -0.15) is 5.10 Å². The van der Waals surface area contributed by atoms with E-state index in [1.807, 2.05) is 23.9 Å². The molecule has 2 heterocycles. The fourth-order valence-corrected chi connectivity index (χ4v) is 2.89. The van der Waals surface area contributed by atoms with Crippen LogP contribution in [-0.2, 0) is 33.0 Å². The molecule has 0 spiro atoms. The Labute approximate surface area is 168 Å². The third kappa shape index (κ3) is 6.05. The molecule has 0 aromatic carbocycles. The van der Waals surface area contributed by atoms with Gasteiger partial charge in [-0.05, 0) is 31.9 Å².